The number of hydrogen-bond acceptors (Lipinski definition) is 2. The summed E-state index contributed by atoms with van der Waals surface area (Å²) in [5.41, 5.74) is 0.473. The maximum atomic E-state index is 12.1. The zero-order chi connectivity index (χ0) is 15.7. The Kier molecular flexibility index (Phi) is 3.21. The number of hydrogen-bond donors (Lipinski definition) is 1. The van der Waals surface area contributed by atoms with E-state index in [0.29, 0.717) is 23.3 Å². The summed E-state index contributed by atoms with van der Waals surface area (Å²) in [5.74, 6) is 2.59. The Hall–Kier alpha value is -0.570. The molecule has 4 rings (SSSR count). The van der Waals surface area contributed by atoms with E-state index in [-0.39, 0.29) is 11.5 Å². The smallest absolute Gasteiger partial charge is 0.222 e. The van der Waals surface area contributed by atoms with E-state index >= 15 is 0 Å². The minimum absolute atomic E-state index is 0.0837. The van der Waals surface area contributed by atoms with Crippen molar-refractivity contribution < 1.29 is 9.90 Å². The van der Waals surface area contributed by atoms with Crippen LogP contribution in [0.1, 0.15) is 65.2 Å². The molecule has 4 aliphatic rings. The lowest BCUT2D eigenvalue weighted by atomic mass is 9.47. The van der Waals surface area contributed by atoms with Crippen LogP contribution < -0.4 is 0 Å². The second-order valence-electron chi connectivity index (χ2n) is 9.12. The summed E-state index contributed by atoms with van der Waals surface area (Å²) in [5, 5.41) is 10.5. The lowest BCUT2D eigenvalue weighted by Crippen LogP contribution is -2.61. The van der Waals surface area contributed by atoms with E-state index in [2.05, 4.69) is 18.7 Å². The number of fused-ring (bicyclic) bond motifs is 5. The highest BCUT2D eigenvalue weighted by molar-refractivity contribution is 5.77. The molecule has 0 bridgehead atoms. The van der Waals surface area contributed by atoms with E-state index in [1.165, 1.54) is 32.1 Å². The molecule has 1 saturated heterocycles. The van der Waals surface area contributed by atoms with Crippen molar-refractivity contribution in [3.8, 4) is 0 Å². The van der Waals surface area contributed by atoms with Gasteiger partial charge in [0.15, 0.2) is 0 Å². The zero-order valence-corrected chi connectivity index (χ0v) is 14.3. The summed E-state index contributed by atoms with van der Waals surface area (Å²) in [4.78, 5) is 14.2. The van der Waals surface area contributed by atoms with E-state index in [9.17, 15) is 9.90 Å². The van der Waals surface area contributed by atoms with Crippen LogP contribution in [0.15, 0.2) is 0 Å². The van der Waals surface area contributed by atoms with E-state index in [0.717, 1.165) is 31.1 Å². The van der Waals surface area contributed by atoms with Gasteiger partial charge in [-0.05, 0) is 73.5 Å². The van der Waals surface area contributed by atoms with Crippen LogP contribution in [0.25, 0.3) is 0 Å². The van der Waals surface area contributed by atoms with Crippen molar-refractivity contribution in [1.29, 1.82) is 0 Å². The van der Waals surface area contributed by atoms with Crippen LogP contribution in [0.4, 0.5) is 0 Å². The Morgan fingerprint density at radius 3 is 2.50 bits per heavy atom. The molecule has 3 aliphatic carbocycles. The second kappa shape index (κ2) is 4.72. The molecule has 22 heavy (non-hydrogen) atoms. The van der Waals surface area contributed by atoms with Gasteiger partial charge in [0.1, 0.15) is 0 Å². The minimum Gasteiger partial charge on any atom is -0.393 e. The molecule has 4 fully saturated rings. The number of carbonyl (C=O) groups is 1. The third-order valence-electron chi connectivity index (χ3n) is 8.51. The van der Waals surface area contributed by atoms with Gasteiger partial charge >= 0.3 is 0 Å². The third-order valence-corrected chi connectivity index (χ3v) is 8.51. The average molecular weight is 305 g/mol. The number of carbonyl (C=O) groups excluding carboxylic acids is 1. The minimum atomic E-state index is -0.0837. The number of aliphatic hydroxyl groups is 1. The normalized spacial score (nSPS) is 54.6. The topological polar surface area (TPSA) is 40.5 Å². The maximum Gasteiger partial charge on any atom is 0.222 e. The molecule has 0 aromatic heterocycles. The first-order valence-corrected chi connectivity index (χ1v) is 9.31. The van der Waals surface area contributed by atoms with Crippen LogP contribution in [0.5, 0.6) is 0 Å². The summed E-state index contributed by atoms with van der Waals surface area (Å²) in [6, 6.07) is 0.450. The Labute approximate surface area is 134 Å². The monoisotopic (exact) mass is 305 g/mol. The molecule has 1 N–H and O–H groups in total. The van der Waals surface area contributed by atoms with E-state index in [4.69, 9.17) is 0 Å². The highest BCUT2D eigenvalue weighted by Crippen LogP contribution is 2.64. The summed E-state index contributed by atoms with van der Waals surface area (Å²) < 4.78 is 0. The van der Waals surface area contributed by atoms with E-state index < -0.39 is 0 Å². The van der Waals surface area contributed by atoms with Gasteiger partial charge in [-0.15, -0.1) is 0 Å². The molecule has 0 aromatic rings. The van der Waals surface area contributed by atoms with Gasteiger partial charge in [0.25, 0.3) is 0 Å². The summed E-state index contributed by atoms with van der Waals surface area (Å²) >= 11 is 0. The molecule has 0 aromatic carbocycles. The highest BCUT2D eigenvalue weighted by Gasteiger charge is 2.60. The molecule has 3 saturated carbocycles. The van der Waals surface area contributed by atoms with Gasteiger partial charge in [-0.3, -0.25) is 4.79 Å². The second-order valence-corrected chi connectivity index (χ2v) is 9.12. The van der Waals surface area contributed by atoms with Crippen molar-refractivity contribution in [3.63, 3.8) is 0 Å². The van der Waals surface area contributed by atoms with Crippen molar-refractivity contribution in [2.24, 2.45) is 28.6 Å². The lowest BCUT2D eigenvalue weighted by Gasteiger charge is -2.61. The summed E-state index contributed by atoms with van der Waals surface area (Å²) in [7, 11) is 2.02. The van der Waals surface area contributed by atoms with Crippen molar-refractivity contribution in [3.05, 3.63) is 0 Å². The SMILES string of the molecule is CN1C(=O)CC[C@]2(C)[C@H]3CC[C@]4(C)[C@@H](O)CC[C@H]4[C@@H]3CC[C@@H]12. The fourth-order valence-corrected chi connectivity index (χ4v) is 7.12. The van der Waals surface area contributed by atoms with Crippen molar-refractivity contribution in [2.45, 2.75) is 77.4 Å². The van der Waals surface area contributed by atoms with Crippen LogP contribution in [-0.4, -0.2) is 35.1 Å². The quantitative estimate of drug-likeness (QED) is 0.746. The molecule has 0 unspecified atom stereocenters. The van der Waals surface area contributed by atoms with Crippen molar-refractivity contribution in [1.82, 2.24) is 4.90 Å². The molecule has 1 aliphatic heterocycles. The molecule has 0 radical (unpaired) electrons. The first-order chi connectivity index (χ1) is 10.4. The molecule has 1 heterocycles. The molecule has 124 valence electrons. The standard InChI is InChI=1S/C19H31NO2/c1-18-11-9-17(22)20(3)15(18)6-4-12-13-5-7-16(21)19(13,2)10-8-14(12)18/h12-16,21H,4-11H2,1-3H3/t12-,13-,14-,15+,16-,18+,19-/m0/s1. The molecule has 3 nitrogen and oxygen atoms in total. The van der Waals surface area contributed by atoms with E-state index in [1.807, 2.05) is 7.05 Å². The van der Waals surface area contributed by atoms with Crippen LogP contribution in [0, 0.1) is 28.6 Å². The maximum absolute atomic E-state index is 12.1. The van der Waals surface area contributed by atoms with Gasteiger partial charge in [-0.25, -0.2) is 0 Å². The Bertz CT molecular complexity index is 492. The van der Waals surface area contributed by atoms with Crippen LogP contribution >= 0.6 is 0 Å². The molecular formula is C19H31NO2. The third kappa shape index (κ3) is 1.75. The number of nitrogens with zero attached hydrogens (tertiary/aromatic N) is 1. The molecular weight excluding hydrogens is 274 g/mol. The van der Waals surface area contributed by atoms with Crippen LogP contribution in [0.3, 0.4) is 0 Å². The van der Waals surface area contributed by atoms with Gasteiger partial charge in [0.05, 0.1) is 6.10 Å². The number of amides is 1. The molecule has 1 amide bonds. The van der Waals surface area contributed by atoms with Crippen LogP contribution in [-0.2, 0) is 4.79 Å². The van der Waals surface area contributed by atoms with E-state index in [1.54, 1.807) is 0 Å². The zero-order valence-electron chi connectivity index (χ0n) is 14.3. The lowest BCUT2D eigenvalue weighted by molar-refractivity contribution is -0.159. The molecule has 0 spiro atoms. The highest BCUT2D eigenvalue weighted by atomic mass is 16.3. The summed E-state index contributed by atoms with van der Waals surface area (Å²) in [6.45, 7) is 4.81. The largest absolute Gasteiger partial charge is 0.393 e. The number of piperidine rings is 1. The van der Waals surface area contributed by atoms with Gasteiger partial charge < -0.3 is 10.0 Å². The predicted molar refractivity (Wildman–Crippen MR) is 86.2 cm³/mol. The predicted octanol–water partition coefficient (Wildman–Crippen LogP) is 3.21. The summed E-state index contributed by atoms with van der Waals surface area (Å²) in [6.07, 6.45) is 8.81. The van der Waals surface area contributed by atoms with Gasteiger partial charge in [-0.2, -0.15) is 0 Å². The Morgan fingerprint density at radius 1 is 1.00 bits per heavy atom. The van der Waals surface area contributed by atoms with Crippen molar-refractivity contribution in [2.75, 3.05) is 7.05 Å². The Balaban J connectivity index is 1.65. The van der Waals surface area contributed by atoms with Gasteiger partial charge in [0.2, 0.25) is 5.91 Å². The first kappa shape index (κ1) is 15.0. The van der Waals surface area contributed by atoms with Crippen molar-refractivity contribution >= 4 is 5.91 Å². The average Bonchev–Trinajstić information content (AvgIpc) is 2.79. The fourth-order valence-electron chi connectivity index (χ4n) is 7.12. The number of aliphatic hydroxyl groups excluding tert-OH is 1. The number of rotatable bonds is 0. The van der Waals surface area contributed by atoms with Gasteiger partial charge in [0, 0.05) is 19.5 Å². The first-order valence-electron chi connectivity index (χ1n) is 9.31. The molecule has 3 heteroatoms. The number of likely N-dealkylation sites (tertiary alicyclic amines) is 1. The van der Waals surface area contributed by atoms with Gasteiger partial charge in [-0.1, -0.05) is 13.8 Å². The Morgan fingerprint density at radius 2 is 1.73 bits per heavy atom. The fraction of sp³-hybridized carbons (Fsp3) is 0.947. The van der Waals surface area contributed by atoms with Crippen LogP contribution in [0.2, 0.25) is 0 Å². The molecule has 7 atom stereocenters.